The van der Waals surface area contributed by atoms with E-state index in [1.807, 2.05) is 0 Å². The summed E-state index contributed by atoms with van der Waals surface area (Å²) >= 11 is 5.80. The number of benzene rings is 3. The number of anilines is 1. The number of hydrogen-bond acceptors (Lipinski definition) is 6. The third kappa shape index (κ3) is 5.47. The monoisotopic (exact) mass is 508 g/mol. The van der Waals surface area contributed by atoms with Crippen LogP contribution in [0.15, 0.2) is 79.7 Å². The topological polar surface area (TPSA) is 122 Å². The van der Waals surface area contributed by atoms with Crippen molar-refractivity contribution in [3.05, 3.63) is 71.2 Å². The van der Waals surface area contributed by atoms with E-state index in [2.05, 4.69) is 9.71 Å². The summed E-state index contributed by atoms with van der Waals surface area (Å²) in [4.78, 5) is -0.420. The Bertz CT molecular complexity index is 1420. The highest BCUT2D eigenvalue weighted by Gasteiger charge is 2.23. The first-order chi connectivity index (χ1) is 15.4. The van der Waals surface area contributed by atoms with Crippen LogP contribution in [-0.4, -0.2) is 34.9 Å². The van der Waals surface area contributed by atoms with Crippen LogP contribution in [0, 0.1) is 6.92 Å². The zero-order valence-corrected chi connectivity index (χ0v) is 20.3. The van der Waals surface area contributed by atoms with Crippen LogP contribution in [0.2, 0.25) is 5.02 Å². The van der Waals surface area contributed by atoms with Crippen LogP contribution in [0.25, 0.3) is 0 Å². The van der Waals surface area contributed by atoms with E-state index in [9.17, 15) is 21.9 Å². The fourth-order valence-electron chi connectivity index (χ4n) is 2.96. The third-order valence-electron chi connectivity index (χ3n) is 4.65. The number of phenolic OH excluding ortho intramolecular Hbond substituents is 1. The summed E-state index contributed by atoms with van der Waals surface area (Å²) in [6.07, 6.45) is 0. The molecule has 3 aromatic rings. The number of amidine groups is 1. The lowest BCUT2D eigenvalue weighted by Gasteiger charge is -2.14. The number of aryl methyl sites for hydroxylation is 1. The number of methoxy groups -OCH3 is 1. The van der Waals surface area contributed by atoms with Crippen molar-refractivity contribution in [1.29, 1.82) is 0 Å². The first-order valence-electron chi connectivity index (χ1n) is 9.51. The fraction of sp³-hybridized carbons (Fsp3) is 0.136. The third-order valence-corrected chi connectivity index (χ3v) is 8.08. The van der Waals surface area contributed by atoms with Gasteiger partial charge >= 0.3 is 0 Å². The van der Waals surface area contributed by atoms with E-state index in [0.717, 1.165) is 0 Å². The quantitative estimate of drug-likeness (QED) is 0.287. The molecule has 0 radical (unpaired) electrons. The Kier molecular flexibility index (Phi) is 7.01. The minimum Gasteiger partial charge on any atom is -0.507 e. The van der Waals surface area contributed by atoms with Crippen molar-refractivity contribution in [1.82, 2.24) is 0 Å². The van der Waals surface area contributed by atoms with Gasteiger partial charge in [0.05, 0.1) is 16.9 Å². The smallest absolute Gasteiger partial charge is 0.283 e. The number of aromatic hydroxyl groups is 1. The number of ether oxygens (including phenoxy) is 1. The van der Waals surface area contributed by atoms with Crippen molar-refractivity contribution in [2.24, 2.45) is 4.40 Å². The lowest BCUT2D eigenvalue weighted by molar-refractivity contribution is 0.414. The van der Waals surface area contributed by atoms with Crippen molar-refractivity contribution in [3.8, 4) is 11.5 Å². The lowest BCUT2D eigenvalue weighted by atomic mass is 10.2. The predicted molar refractivity (Wildman–Crippen MR) is 127 cm³/mol. The summed E-state index contributed by atoms with van der Waals surface area (Å²) in [6.45, 7) is 3.06. The van der Waals surface area contributed by atoms with Gasteiger partial charge in [0, 0.05) is 10.7 Å². The Morgan fingerprint density at radius 2 is 1.55 bits per heavy atom. The van der Waals surface area contributed by atoms with Crippen LogP contribution in [-0.2, 0) is 19.9 Å². The zero-order valence-electron chi connectivity index (χ0n) is 17.9. The van der Waals surface area contributed by atoms with E-state index in [1.165, 1.54) is 74.7 Å². The standard InChI is InChI=1S/C22H21ClN2O6S2/c1-14-12-21(26)22(32(27,28)18-10-6-17(31-3)7-11-18)13-20(14)24-15(2)25-33(29,30)19-8-4-16(23)5-9-19/h4-13,26H,1-3H3,(H,24,25). The molecule has 0 aliphatic carbocycles. The number of hydrogen-bond donors (Lipinski definition) is 2. The molecule has 0 atom stereocenters. The molecule has 0 unspecified atom stereocenters. The Morgan fingerprint density at radius 3 is 2.12 bits per heavy atom. The van der Waals surface area contributed by atoms with E-state index < -0.39 is 25.6 Å². The van der Waals surface area contributed by atoms with E-state index in [-0.39, 0.29) is 26.2 Å². The molecule has 3 rings (SSSR count). The van der Waals surface area contributed by atoms with Gasteiger partial charge in [-0.3, -0.25) is 0 Å². The molecular weight excluding hydrogens is 488 g/mol. The molecule has 8 nitrogen and oxygen atoms in total. The maximum absolute atomic E-state index is 13.1. The SMILES string of the molecule is COc1ccc(S(=O)(=O)c2cc(NC(C)=NS(=O)(=O)c3ccc(Cl)cc3)c(C)cc2O)cc1. The van der Waals surface area contributed by atoms with Crippen molar-refractivity contribution in [2.75, 3.05) is 12.4 Å². The van der Waals surface area contributed by atoms with Crippen LogP contribution in [0.1, 0.15) is 12.5 Å². The van der Waals surface area contributed by atoms with Crippen LogP contribution < -0.4 is 10.1 Å². The summed E-state index contributed by atoms with van der Waals surface area (Å²) < 4.78 is 60.0. The summed E-state index contributed by atoms with van der Waals surface area (Å²) in [6, 6.07) is 13.8. The molecule has 0 saturated carbocycles. The van der Waals surface area contributed by atoms with Gasteiger partial charge in [0.25, 0.3) is 10.0 Å². The highest BCUT2D eigenvalue weighted by atomic mass is 35.5. The van der Waals surface area contributed by atoms with Gasteiger partial charge in [-0.05, 0) is 80.1 Å². The molecule has 0 aliphatic heterocycles. The minimum atomic E-state index is -4.07. The summed E-state index contributed by atoms with van der Waals surface area (Å²) in [5.74, 6) is 0.0574. The predicted octanol–water partition coefficient (Wildman–Crippen LogP) is 4.41. The van der Waals surface area contributed by atoms with Crippen molar-refractivity contribution in [3.63, 3.8) is 0 Å². The number of nitrogens with one attached hydrogen (secondary N) is 1. The van der Waals surface area contributed by atoms with E-state index >= 15 is 0 Å². The van der Waals surface area contributed by atoms with Crippen LogP contribution in [0.4, 0.5) is 5.69 Å². The average Bonchev–Trinajstić information content (AvgIpc) is 2.75. The first kappa shape index (κ1) is 24.6. The van der Waals surface area contributed by atoms with E-state index in [0.29, 0.717) is 16.3 Å². The molecule has 0 saturated heterocycles. The molecule has 0 bridgehead atoms. The molecule has 174 valence electrons. The molecule has 2 N–H and O–H groups in total. The highest BCUT2D eigenvalue weighted by Crippen LogP contribution is 2.34. The lowest BCUT2D eigenvalue weighted by Crippen LogP contribution is -2.13. The molecule has 0 spiro atoms. The average molecular weight is 509 g/mol. The second-order valence-corrected chi connectivity index (χ2v) is 11.0. The van der Waals surface area contributed by atoms with E-state index in [4.69, 9.17) is 16.3 Å². The number of nitrogens with zero attached hydrogens (tertiary/aromatic N) is 1. The molecule has 0 aliphatic rings. The Balaban J connectivity index is 1.97. The number of phenols is 1. The Labute approximate surface area is 197 Å². The molecule has 0 heterocycles. The highest BCUT2D eigenvalue weighted by molar-refractivity contribution is 7.91. The maximum Gasteiger partial charge on any atom is 0.283 e. The normalized spacial score (nSPS) is 12.4. The first-order valence-corrected chi connectivity index (χ1v) is 12.8. The largest absolute Gasteiger partial charge is 0.507 e. The molecule has 0 aromatic heterocycles. The van der Waals surface area contributed by atoms with Crippen LogP contribution in [0.5, 0.6) is 11.5 Å². The molecule has 0 amide bonds. The summed E-state index contributed by atoms with van der Waals surface area (Å²) in [7, 11) is -6.62. The van der Waals surface area contributed by atoms with Gasteiger partial charge < -0.3 is 15.2 Å². The van der Waals surface area contributed by atoms with Crippen molar-refractivity contribution >= 4 is 43.0 Å². The second kappa shape index (κ2) is 9.42. The summed E-state index contributed by atoms with van der Waals surface area (Å²) in [5, 5.41) is 13.5. The number of sulfonamides is 1. The Morgan fingerprint density at radius 1 is 0.970 bits per heavy atom. The van der Waals surface area contributed by atoms with Crippen LogP contribution in [0.3, 0.4) is 0 Å². The van der Waals surface area contributed by atoms with Gasteiger partial charge in [0.2, 0.25) is 9.84 Å². The van der Waals surface area contributed by atoms with Gasteiger partial charge in [-0.15, -0.1) is 4.40 Å². The summed E-state index contributed by atoms with van der Waals surface area (Å²) in [5.41, 5.74) is 0.757. The van der Waals surface area contributed by atoms with Crippen molar-refractivity contribution in [2.45, 2.75) is 28.5 Å². The van der Waals surface area contributed by atoms with Gasteiger partial charge in [-0.25, -0.2) is 8.42 Å². The number of sulfone groups is 1. The van der Waals surface area contributed by atoms with Crippen molar-refractivity contribution < 1.29 is 26.7 Å². The number of rotatable bonds is 6. The molecule has 33 heavy (non-hydrogen) atoms. The number of halogens is 1. The Hall–Kier alpha value is -3.08. The minimum absolute atomic E-state index is 0.00605. The maximum atomic E-state index is 13.1. The van der Waals surface area contributed by atoms with E-state index in [1.54, 1.807) is 6.92 Å². The second-order valence-electron chi connectivity index (χ2n) is 7.04. The van der Waals surface area contributed by atoms with Gasteiger partial charge in [0.1, 0.15) is 22.2 Å². The van der Waals surface area contributed by atoms with Gasteiger partial charge in [-0.1, -0.05) is 11.6 Å². The van der Waals surface area contributed by atoms with Gasteiger partial charge in [0.15, 0.2) is 0 Å². The molecule has 11 heteroatoms. The molecule has 3 aromatic carbocycles. The molecular formula is C22H21ClN2O6S2. The zero-order chi connectivity index (χ0) is 24.4. The fourth-order valence-corrected chi connectivity index (χ4v) is 5.44. The molecule has 0 fully saturated rings. The van der Waals surface area contributed by atoms with Gasteiger partial charge in [-0.2, -0.15) is 8.42 Å². The van der Waals surface area contributed by atoms with Crippen LogP contribution >= 0.6 is 11.6 Å².